The van der Waals surface area contributed by atoms with Crippen LogP contribution in [0, 0.1) is 0 Å². The van der Waals surface area contributed by atoms with E-state index in [4.69, 9.17) is 0 Å². The molecule has 0 saturated heterocycles. The Hall–Kier alpha value is -12.2. The molecule has 0 bridgehead atoms. The van der Waals surface area contributed by atoms with E-state index in [2.05, 4.69) is 399 Å². The summed E-state index contributed by atoms with van der Waals surface area (Å²) < 4.78 is 0. The number of para-hydroxylation sites is 6. The molecule has 0 saturated carbocycles. The number of nitrogens with zero attached hydrogens (tertiary/aromatic N) is 4. The largest absolute Gasteiger partial charge is 0.310 e. The van der Waals surface area contributed by atoms with Crippen LogP contribution < -0.4 is 19.6 Å². The number of hydrogen-bond acceptors (Lipinski definition) is 4. The summed E-state index contributed by atoms with van der Waals surface area (Å²) in [5.41, 5.74) is 27.5. The molecule has 0 heterocycles. The van der Waals surface area contributed by atoms with E-state index in [1.807, 2.05) is 0 Å². The second-order valence-corrected chi connectivity index (χ2v) is 34.4. The average molecular weight is 1620 g/mol. The van der Waals surface area contributed by atoms with Gasteiger partial charge in [-0.15, -0.1) is 0 Å². The highest BCUT2D eigenvalue weighted by Crippen LogP contribution is 2.54. The predicted octanol–water partition coefficient (Wildman–Crippen LogP) is 36.8. The zero-order valence-electron chi connectivity index (χ0n) is 74.1. The number of hydrogen-bond donors (Lipinski definition) is 0. The molecule has 0 aliphatic carbocycles. The van der Waals surface area contributed by atoms with Gasteiger partial charge in [0.25, 0.3) is 0 Å². The summed E-state index contributed by atoms with van der Waals surface area (Å²) in [4.78, 5) is 10.1. The Balaban J connectivity index is 0.809. The quantitative estimate of drug-likeness (QED) is 0.0353. The minimum atomic E-state index is 0.976. The van der Waals surface area contributed by atoms with E-state index < -0.39 is 0 Å². The highest BCUT2D eigenvalue weighted by atomic mass is 15.2. The maximum atomic E-state index is 2.62. The minimum Gasteiger partial charge on any atom is -0.310 e. The maximum absolute atomic E-state index is 2.62. The number of rotatable bonds is 43. The second-order valence-electron chi connectivity index (χ2n) is 34.4. The van der Waals surface area contributed by atoms with E-state index in [0.717, 1.165) is 96.9 Å². The third-order valence-electron chi connectivity index (χ3n) is 25.8. The summed E-state index contributed by atoms with van der Waals surface area (Å²) >= 11 is 0. The fourth-order valence-corrected chi connectivity index (χ4v) is 19.5. The van der Waals surface area contributed by atoms with Crippen molar-refractivity contribution in [2.75, 3.05) is 19.6 Å². The molecular weight excluding hydrogens is 1500 g/mol. The van der Waals surface area contributed by atoms with Gasteiger partial charge in [-0.05, 0) is 250 Å². The van der Waals surface area contributed by atoms with Gasteiger partial charge < -0.3 is 19.6 Å². The molecule has 0 unspecified atom stereocenters. The summed E-state index contributed by atoms with van der Waals surface area (Å²) in [6.07, 6.45) is 33.6. The van der Waals surface area contributed by atoms with Crippen molar-refractivity contribution in [3.8, 4) is 33.4 Å². The number of fused-ring (bicyclic) bond motifs is 4. The van der Waals surface area contributed by atoms with Crippen molar-refractivity contribution in [2.45, 2.75) is 207 Å². The van der Waals surface area contributed by atoms with Gasteiger partial charge in [-0.1, -0.05) is 387 Å². The van der Waals surface area contributed by atoms with Gasteiger partial charge in [0, 0.05) is 67.0 Å². The van der Waals surface area contributed by atoms with Gasteiger partial charge in [0.2, 0.25) is 0 Å². The highest BCUT2D eigenvalue weighted by molar-refractivity contribution is 6.17. The lowest BCUT2D eigenvalue weighted by atomic mass is 9.83. The summed E-state index contributed by atoms with van der Waals surface area (Å²) in [6.45, 7) is 9.31. The Bertz CT molecular complexity index is 5590. The van der Waals surface area contributed by atoms with E-state index >= 15 is 0 Å². The predicted molar refractivity (Wildman–Crippen MR) is 540 cm³/mol. The molecule has 0 N–H and O–H groups in total. The molecule has 16 rings (SSSR count). The molecular formula is C120H126N4. The zero-order valence-corrected chi connectivity index (χ0v) is 74.1. The van der Waals surface area contributed by atoms with E-state index in [1.165, 1.54) is 250 Å². The van der Waals surface area contributed by atoms with Crippen LogP contribution in [0.2, 0.25) is 0 Å². The first-order valence-electron chi connectivity index (χ1n) is 47.4. The summed E-state index contributed by atoms with van der Waals surface area (Å²) in [5, 5.41) is 10.2. The maximum Gasteiger partial charge on any atom is 0.0543 e. The van der Waals surface area contributed by atoms with Gasteiger partial charge in [-0.2, -0.15) is 0 Å². The lowest BCUT2D eigenvalue weighted by molar-refractivity contribution is 0.607. The molecule has 0 aromatic heterocycles. The van der Waals surface area contributed by atoms with Crippen molar-refractivity contribution < 1.29 is 0 Å². The van der Waals surface area contributed by atoms with Crippen LogP contribution in [0.15, 0.2) is 352 Å². The third-order valence-corrected chi connectivity index (χ3v) is 25.8. The summed E-state index contributed by atoms with van der Waals surface area (Å²) in [7, 11) is 0. The lowest BCUT2D eigenvalue weighted by Gasteiger charge is -2.31. The Labute approximate surface area is 741 Å². The number of anilines is 12. The zero-order chi connectivity index (χ0) is 84.4. The summed E-state index contributed by atoms with van der Waals surface area (Å²) in [6, 6.07) is 133. The second kappa shape index (κ2) is 43.2. The van der Waals surface area contributed by atoms with E-state index in [9.17, 15) is 0 Å². The topological polar surface area (TPSA) is 13.0 Å². The molecule has 0 amide bonds. The van der Waals surface area contributed by atoms with Crippen molar-refractivity contribution in [3.05, 3.63) is 374 Å². The van der Waals surface area contributed by atoms with Gasteiger partial charge >= 0.3 is 0 Å². The summed E-state index contributed by atoms with van der Waals surface area (Å²) in [5.74, 6) is 0. The molecule has 626 valence electrons. The van der Waals surface area contributed by atoms with Crippen molar-refractivity contribution in [3.63, 3.8) is 0 Å². The molecule has 124 heavy (non-hydrogen) atoms. The van der Waals surface area contributed by atoms with Crippen molar-refractivity contribution in [2.24, 2.45) is 0 Å². The fourth-order valence-electron chi connectivity index (χ4n) is 19.5. The van der Waals surface area contributed by atoms with Gasteiger partial charge in [0.1, 0.15) is 0 Å². The van der Waals surface area contributed by atoms with Gasteiger partial charge in [0.15, 0.2) is 0 Å². The molecule has 0 aliphatic heterocycles. The Kier molecular flexibility index (Phi) is 29.7. The van der Waals surface area contributed by atoms with Crippen LogP contribution in [-0.2, 0) is 25.7 Å². The molecule has 0 aliphatic rings. The highest BCUT2D eigenvalue weighted by Gasteiger charge is 2.30. The molecule has 0 spiro atoms. The molecule has 16 aromatic carbocycles. The van der Waals surface area contributed by atoms with Gasteiger partial charge in [-0.3, -0.25) is 0 Å². The van der Waals surface area contributed by atoms with Crippen LogP contribution in [-0.4, -0.2) is 0 Å². The molecule has 4 heteroatoms. The van der Waals surface area contributed by atoms with Gasteiger partial charge in [0.05, 0.1) is 22.7 Å². The number of benzene rings is 16. The van der Waals surface area contributed by atoms with Crippen LogP contribution >= 0.6 is 0 Å². The minimum absolute atomic E-state index is 0.976. The van der Waals surface area contributed by atoms with Gasteiger partial charge in [-0.25, -0.2) is 0 Å². The van der Waals surface area contributed by atoms with E-state index in [0.29, 0.717) is 0 Å². The number of aryl methyl sites for hydroxylation is 4. The first kappa shape index (κ1) is 85.3. The number of unbranched alkanes of at least 4 members (excludes halogenated alkanes) is 20. The average Bonchev–Trinajstić information content (AvgIpc) is 0.729. The van der Waals surface area contributed by atoms with Crippen LogP contribution in [0.4, 0.5) is 68.2 Å². The Morgan fingerprint density at radius 1 is 0.153 bits per heavy atom. The van der Waals surface area contributed by atoms with Crippen LogP contribution in [0.1, 0.15) is 204 Å². The smallest absolute Gasteiger partial charge is 0.0543 e. The van der Waals surface area contributed by atoms with Crippen molar-refractivity contribution >= 4 is 111 Å². The molecule has 4 nitrogen and oxygen atoms in total. The van der Waals surface area contributed by atoms with Crippen LogP contribution in [0.25, 0.3) is 76.5 Å². The lowest BCUT2D eigenvalue weighted by Crippen LogP contribution is -2.13. The van der Waals surface area contributed by atoms with E-state index in [-0.39, 0.29) is 0 Å². The van der Waals surface area contributed by atoms with Crippen LogP contribution in [0.5, 0.6) is 0 Å². The fraction of sp³-hybridized carbons (Fsp3) is 0.267. The SMILES string of the molecule is CCCCCCCCc1cc(N(c2ccccc2)c2ccccc2)c2ccccc2c1-c1c(CCCCCCCC)cc(N(c2ccccc2)c2ccc(-c3ccc(N(c4ccccc4)c4cc(CCCCCCCC)c(-c5c(CCCCCCCC)cc(N(c6ccccc6)c6ccccc6)c6ccccc56)c5ccccc45)cc3)cc2)c2ccccc12. The first-order valence-corrected chi connectivity index (χ1v) is 47.4. The molecule has 0 fully saturated rings. The first-order chi connectivity index (χ1) is 61.5. The normalized spacial score (nSPS) is 11.5. The van der Waals surface area contributed by atoms with Crippen molar-refractivity contribution in [1.29, 1.82) is 0 Å². The standard InChI is InChI=1S/C120H126N4/c1-5-9-13-17-21-31-55-93-87-113(121(97-59-35-25-36-60-97)98-61-37-26-38-62-98)105-71-47-51-75-109(105)117(93)119-95(57-33-23-19-15-11-7-3)89-115(107-73-49-53-77-111(107)119)123(101-67-43-29-44-68-101)103-83-79-91(80-84-103)92-81-85-104(86-82-92)124(102-69-45-30-46-70-102)116-90-96(58-34-24-20-16-12-8-4)120(112-78-54-50-74-108(112)116)118-94(56-32-22-18-14-10-6-2)88-114(106-72-48-52-76-110(106)118)122(99-63-39-27-40-64-99)100-65-41-28-42-66-100/h25-30,35-54,59-90H,5-24,31-34,55-58H2,1-4H3. The van der Waals surface area contributed by atoms with E-state index in [1.54, 1.807) is 0 Å². The molecule has 16 aromatic rings. The monoisotopic (exact) mass is 1620 g/mol. The molecule has 0 radical (unpaired) electrons. The van der Waals surface area contributed by atoms with Crippen LogP contribution in [0.3, 0.4) is 0 Å². The third kappa shape index (κ3) is 19.8. The Morgan fingerprint density at radius 3 is 0.508 bits per heavy atom. The van der Waals surface area contributed by atoms with Crippen molar-refractivity contribution in [1.82, 2.24) is 0 Å². The Morgan fingerprint density at radius 2 is 0.315 bits per heavy atom. The molecule has 0 atom stereocenters.